The number of carboxylic acids is 1. The van der Waals surface area contributed by atoms with Crippen LogP contribution in [0.5, 0.6) is 5.75 Å². The number of carboxylic acid groups (broad SMARTS) is 1. The predicted octanol–water partition coefficient (Wildman–Crippen LogP) is -2.30. The number of carbonyl (C=O) groups excluding carboxylic acids is 7. The van der Waals surface area contributed by atoms with Gasteiger partial charge in [0.15, 0.2) is 0 Å². The molecule has 0 saturated heterocycles. The third kappa shape index (κ3) is 14.8. The molecular weight excluding hydrogens is 744 g/mol. The molecule has 312 valence electrons. The molecule has 2 aromatic rings. The molecule has 0 unspecified atom stereocenters. The fourth-order valence-corrected chi connectivity index (χ4v) is 5.53. The van der Waals surface area contributed by atoms with Crippen LogP contribution in [0, 0.1) is 11.8 Å². The van der Waals surface area contributed by atoms with Crippen LogP contribution in [-0.2, 0) is 51.2 Å². The van der Waals surface area contributed by atoms with Crippen LogP contribution < -0.4 is 43.4 Å². The Balaban J connectivity index is 2.35. The molecular formula is C38H54N8O11. The van der Waals surface area contributed by atoms with Crippen molar-refractivity contribution in [1.82, 2.24) is 31.9 Å². The Hall–Kier alpha value is -6.08. The van der Waals surface area contributed by atoms with E-state index in [1.165, 1.54) is 19.1 Å². The van der Waals surface area contributed by atoms with Gasteiger partial charge in [0.05, 0.1) is 25.6 Å². The van der Waals surface area contributed by atoms with Crippen molar-refractivity contribution < 1.29 is 53.7 Å². The van der Waals surface area contributed by atoms with Gasteiger partial charge in [0.2, 0.25) is 41.4 Å². The summed E-state index contributed by atoms with van der Waals surface area (Å²) in [5, 5.41) is 44.5. The molecule has 19 nitrogen and oxygen atoms in total. The highest BCUT2D eigenvalue weighted by atomic mass is 16.4. The summed E-state index contributed by atoms with van der Waals surface area (Å²) in [6.45, 7) is 6.17. The Morgan fingerprint density at radius 1 is 0.702 bits per heavy atom. The summed E-state index contributed by atoms with van der Waals surface area (Å²) in [5.74, 6) is -8.89. The minimum absolute atomic E-state index is 0.0222. The molecule has 0 spiro atoms. The SMILES string of the molecule is CC(C)[C@H](NC(=O)[C@H](CC(=O)O)NC(=O)[C@@](CO)(Cc1ccccc1)NC(=O)[C@@H](C)NC(=O)[C@@H](N)Cc1ccc(O)cc1)C(=O)N[C@H](C(=O)NCC(N)=O)C(C)C. The van der Waals surface area contributed by atoms with Gasteiger partial charge in [0.1, 0.15) is 35.5 Å². The molecule has 0 bridgehead atoms. The van der Waals surface area contributed by atoms with E-state index in [0.717, 1.165) is 0 Å². The van der Waals surface area contributed by atoms with Crippen molar-refractivity contribution in [2.75, 3.05) is 13.2 Å². The van der Waals surface area contributed by atoms with E-state index in [2.05, 4.69) is 31.9 Å². The molecule has 7 amide bonds. The maximum atomic E-state index is 14.1. The van der Waals surface area contributed by atoms with E-state index in [0.29, 0.717) is 11.1 Å². The number of aliphatic carboxylic acids is 1. The topological polar surface area (TPSA) is 321 Å². The third-order valence-corrected chi connectivity index (χ3v) is 8.83. The smallest absolute Gasteiger partial charge is 0.305 e. The molecule has 0 heterocycles. The van der Waals surface area contributed by atoms with Crippen LogP contribution in [0.4, 0.5) is 0 Å². The zero-order valence-corrected chi connectivity index (χ0v) is 32.5. The summed E-state index contributed by atoms with van der Waals surface area (Å²) < 4.78 is 0. The van der Waals surface area contributed by atoms with Gasteiger partial charge >= 0.3 is 5.97 Å². The average Bonchev–Trinajstić information content (AvgIpc) is 3.14. The fourth-order valence-electron chi connectivity index (χ4n) is 5.53. The first-order chi connectivity index (χ1) is 26.7. The second kappa shape index (κ2) is 21.9. The first-order valence-corrected chi connectivity index (χ1v) is 18.2. The number of amides is 7. The summed E-state index contributed by atoms with van der Waals surface area (Å²) in [6.07, 6.45) is -1.27. The van der Waals surface area contributed by atoms with Crippen LogP contribution in [0.2, 0.25) is 0 Å². The van der Waals surface area contributed by atoms with Crippen LogP contribution in [0.1, 0.15) is 52.2 Å². The quantitative estimate of drug-likeness (QED) is 0.0599. The lowest BCUT2D eigenvalue weighted by molar-refractivity contribution is -0.143. The molecule has 0 radical (unpaired) electrons. The number of aliphatic hydroxyl groups is 1. The molecule has 19 heteroatoms. The number of carbonyl (C=O) groups is 8. The maximum Gasteiger partial charge on any atom is 0.305 e. The van der Waals surface area contributed by atoms with Gasteiger partial charge in [-0.1, -0.05) is 70.2 Å². The Labute approximate surface area is 330 Å². The van der Waals surface area contributed by atoms with Gasteiger partial charge in [-0.15, -0.1) is 0 Å². The van der Waals surface area contributed by atoms with Gasteiger partial charge in [-0.05, 0) is 48.4 Å². The molecule has 0 fully saturated rings. The molecule has 2 rings (SSSR count). The van der Waals surface area contributed by atoms with Crippen LogP contribution in [0.3, 0.4) is 0 Å². The van der Waals surface area contributed by atoms with Crippen molar-refractivity contribution in [1.29, 1.82) is 0 Å². The Morgan fingerprint density at radius 2 is 1.26 bits per heavy atom. The monoisotopic (exact) mass is 798 g/mol. The predicted molar refractivity (Wildman–Crippen MR) is 205 cm³/mol. The largest absolute Gasteiger partial charge is 0.508 e. The summed E-state index contributed by atoms with van der Waals surface area (Å²) in [6, 6.07) is 7.38. The van der Waals surface area contributed by atoms with Crippen molar-refractivity contribution in [3.63, 3.8) is 0 Å². The lowest BCUT2D eigenvalue weighted by atomic mass is 9.89. The zero-order chi connectivity index (χ0) is 43.0. The number of nitrogens with one attached hydrogen (secondary N) is 6. The van der Waals surface area contributed by atoms with Crippen LogP contribution in [0.15, 0.2) is 54.6 Å². The van der Waals surface area contributed by atoms with E-state index in [1.54, 1.807) is 70.2 Å². The van der Waals surface area contributed by atoms with Crippen molar-refractivity contribution in [3.05, 3.63) is 65.7 Å². The molecule has 0 aromatic heterocycles. The normalized spacial score (nSPS) is 14.8. The molecule has 13 N–H and O–H groups in total. The highest BCUT2D eigenvalue weighted by Crippen LogP contribution is 2.17. The van der Waals surface area contributed by atoms with Crippen LogP contribution >= 0.6 is 0 Å². The Morgan fingerprint density at radius 3 is 1.79 bits per heavy atom. The summed E-state index contributed by atoms with van der Waals surface area (Å²) in [4.78, 5) is 104. The number of primary amides is 1. The van der Waals surface area contributed by atoms with Crippen LogP contribution in [0.25, 0.3) is 0 Å². The standard InChI is InChI=1S/C38H54N8O11/c1-20(2)30(35(55)41-18-28(40)49)45-36(56)31(21(3)4)44-34(54)27(16-29(50)51)43-37(57)38(19-47,17-24-9-7-6-8-10-24)46-32(52)22(5)42-33(53)26(39)15-23-11-13-25(48)14-12-23/h6-14,20-22,26-27,30-31,47-48H,15-19,39H2,1-5H3,(H2,40,49)(H,41,55)(H,42,53)(H,43,57)(H,44,54)(H,45,56)(H,46,52)(H,50,51)/t22-,26+,27+,30+,31+,38+/m1/s1. The first-order valence-electron chi connectivity index (χ1n) is 18.2. The van der Waals surface area contributed by atoms with E-state index in [-0.39, 0.29) is 18.6 Å². The van der Waals surface area contributed by atoms with Crippen LogP contribution in [-0.4, -0.2) is 112 Å². The lowest BCUT2D eigenvalue weighted by Crippen LogP contribution is -2.67. The molecule has 0 saturated carbocycles. The second-order valence-electron chi connectivity index (χ2n) is 14.4. The van der Waals surface area contributed by atoms with Gasteiger partial charge in [0.25, 0.3) is 0 Å². The minimum atomic E-state index is -2.22. The van der Waals surface area contributed by atoms with Gasteiger partial charge in [0, 0.05) is 6.42 Å². The molecule has 57 heavy (non-hydrogen) atoms. The van der Waals surface area contributed by atoms with E-state index < -0.39 is 114 Å². The number of phenols is 1. The number of hydrogen-bond acceptors (Lipinski definition) is 11. The van der Waals surface area contributed by atoms with E-state index in [9.17, 15) is 53.7 Å². The second-order valence-corrected chi connectivity index (χ2v) is 14.4. The van der Waals surface area contributed by atoms with Crippen molar-refractivity contribution in [3.8, 4) is 5.75 Å². The van der Waals surface area contributed by atoms with E-state index in [4.69, 9.17) is 11.5 Å². The third-order valence-electron chi connectivity index (χ3n) is 8.83. The number of aliphatic hydroxyl groups excluding tert-OH is 1. The van der Waals surface area contributed by atoms with Gasteiger partial charge in [-0.3, -0.25) is 38.4 Å². The molecule has 2 aromatic carbocycles. The average molecular weight is 799 g/mol. The number of hydrogen-bond donors (Lipinski definition) is 11. The molecule has 6 atom stereocenters. The number of rotatable bonds is 22. The Bertz CT molecular complexity index is 1740. The van der Waals surface area contributed by atoms with Gasteiger partial charge < -0.3 is 58.7 Å². The van der Waals surface area contributed by atoms with Gasteiger partial charge in [-0.2, -0.15) is 0 Å². The molecule has 0 aliphatic carbocycles. The number of phenolic OH excluding ortho intramolecular Hbond substituents is 1. The summed E-state index contributed by atoms with van der Waals surface area (Å²) in [7, 11) is 0. The highest BCUT2D eigenvalue weighted by Gasteiger charge is 2.43. The number of aromatic hydroxyl groups is 1. The summed E-state index contributed by atoms with van der Waals surface area (Å²) in [5.41, 5.74) is 10.0. The van der Waals surface area contributed by atoms with Crippen molar-refractivity contribution in [2.45, 2.75) is 89.6 Å². The zero-order valence-electron chi connectivity index (χ0n) is 32.5. The van der Waals surface area contributed by atoms with Crippen molar-refractivity contribution >= 4 is 47.3 Å². The number of nitrogens with two attached hydrogens (primary N) is 2. The minimum Gasteiger partial charge on any atom is -0.508 e. The lowest BCUT2D eigenvalue weighted by Gasteiger charge is -2.34. The van der Waals surface area contributed by atoms with E-state index >= 15 is 0 Å². The van der Waals surface area contributed by atoms with E-state index in [1.807, 2.05) is 0 Å². The molecule has 0 aliphatic rings. The van der Waals surface area contributed by atoms with Crippen molar-refractivity contribution in [2.24, 2.45) is 23.3 Å². The highest BCUT2D eigenvalue weighted by molar-refractivity contribution is 5.99. The summed E-state index contributed by atoms with van der Waals surface area (Å²) >= 11 is 0. The maximum absolute atomic E-state index is 14.1. The number of benzene rings is 2. The molecule has 0 aliphatic heterocycles. The Kier molecular flexibility index (Phi) is 18.1. The fraction of sp³-hybridized carbons (Fsp3) is 0.474. The van der Waals surface area contributed by atoms with Gasteiger partial charge in [-0.25, -0.2) is 0 Å². The first kappa shape index (κ1) is 47.1.